The minimum Gasteiger partial charge on any atom is -0.255 e. The smallest absolute Gasteiger partial charge is 0.0636 e. The predicted octanol–water partition coefficient (Wildman–Crippen LogP) is 6.36. The maximum atomic E-state index is 4.80. The van der Waals surface area contributed by atoms with Crippen LogP contribution >= 0.6 is 0 Å². The molecule has 0 radical (unpaired) electrons. The molecule has 0 unspecified atom stereocenters. The van der Waals surface area contributed by atoms with Crippen LogP contribution in [-0.4, -0.2) is 11.9 Å². The first-order valence-electron chi connectivity index (χ1n) is 8.42. The Balaban J connectivity index is 0.00000288. The largest absolute Gasteiger partial charge is 0.255 e. The van der Waals surface area contributed by atoms with Crippen molar-refractivity contribution in [2.45, 2.75) is 46.5 Å². The van der Waals surface area contributed by atoms with Crippen LogP contribution in [0.2, 0.25) is 0 Å². The summed E-state index contributed by atoms with van der Waals surface area (Å²) in [6.07, 6.45) is 6.49. The van der Waals surface area contributed by atoms with Crippen LogP contribution in [-0.2, 0) is 16.5 Å². The molecule has 0 atom stereocenters. The molecule has 2 nitrogen and oxygen atoms in total. The molecule has 0 N–H and O–H groups in total. The first kappa shape index (κ1) is 20.3. The van der Waals surface area contributed by atoms with Crippen molar-refractivity contribution in [3.63, 3.8) is 0 Å². The van der Waals surface area contributed by atoms with Crippen LogP contribution in [0.1, 0.15) is 43.7 Å². The molecule has 2 aromatic carbocycles. The molecule has 24 heavy (non-hydrogen) atoms. The zero-order chi connectivity index (χ0) is 16.5. The number of hydrogen-bond donors (Lipinski definition) is 0. The topological polar surface area (TPSA) is 24.7 Å². The van der Waals surface area contributed by atoms with Crippen molar-refractivity contribution in [3.05, 3.63) is 59.7 Å². The Kier molecular flexibility index (Phi) is 9.26. The monoisotopic (exact) mass is 364 g/mol. The van der Waals surface area contributed by atoms with Gasteiger partial charge in [0, 0.05) is 22.7 Å². The van der Waals surface area contributed by atoms with Gasteiger partial charge in [0.2, 0.25) is 0 Å². The van der Waals surface area contributed by atoms with Crippen molar-refractivity contribution in [3.8, 4) is 0 Å². The van der Waals surface area contributed by atoms with Gasteiger partial charge in [-0.1, -0.05) is 44.0 Å². The number of benzene rings is 2. The van der Waals surface area contributed by atoms with Gasteiger partial charge in [0.05, 0.1) is 17.1 Å². The molecule has 0 amide bonds. The predicted molar refractivity (Wildman–Crippen MR) is 102 cm³/mol. The molecule has 0 aliphatic heterocycles. The molecule has 0 bridgehead atoms. The number of aryl methyl sites for hydroxylation is 2. The Morgan fingerprint density at radius 2 is 1.54 bits per heavy atom. The Morgan fingerprint density at radius 1 is 0.917 bits per heavy atom. The van der Waals surface area contributed by atoms with E-state index in [1.807, 2.05) is 24.4 Å². The standard InChI is InChI=1S/C21H26N2.Ni/c1-4-5-6-11-21(23-20-13-8-10-18(3)15-20)16-22-19-12-7-9-17(2)14-19;/h7-10,12-16H,4-6,11H2,1-3H3;. The van der Waals surface area contributed by atoms with Gasteiger partial charge in [0.15, 0.2) is 0 Å². The Bertz CT molecular complexity index is 690. The minimum atomic E-state index is 0. The number of aliphatic imine (C=N–C) groups is 2. The maximum absolute atomic E-state index is 4.80. The van der Waals surface area contributed by atoms with Crippen LogP contribution in [0.25, 0.3) is 0 Å². The summed E-state index contributed by atoms with van der Waals surface area (Å²) in [5.41, 5.74) is 5.49. The van der Waals surface area contributed by atoms with Crippen molar-refractivity contribution < 1.29 is 16.5 Å². The molecule has 0 aliphatic rings. The third kappa shape index (κ3) is 7.23. The van der Waals surface area contributed by atoms with Crippen molar-refractivity contribution in [2.24, 2.45) is 9.98 Å². The van der Waals surface area contributed by atoms with E-state index in [0.29, 0.717) is 0 Å². The molecule has 0 aromatic heterocycles. The van der Waals surface area contributed by atoms with Crippen molar-refractivity contribution in [1.29, 1.82) is 0 Å². The van der Waals surface area contributed by atoms with E-state index in [-0.39, 0.29) is 16.5 Å². The van der Waals surface area contributed by atoms with E-state index in [2.05, 4.69) is 56.1 Å². The molecule has 2 rings (SSSR count). The molecule has 2 aromatic rings. The third-order valence-corrected chi connectivity index (χ3v) is 3.68. The van der Waals surface area contributed by atoms with Crippen LogP contribution in [0.15, 0.2) is 58.5 Å². The van der Waals surface area contributed by atoms with E-state index in [4.69, 9.17) is 4.99 Å². The minimum absolute atomic E-state index is 0. The number of nitrogens with zero attached hydrogens (tertiary/aromatic N) is 2. The fourth-order valence-electron chi connectivity index (χ4n) is 2.43. The fourth-order valence-corrected chi connectivity index (χ4v) is 2.43. The second-order valence-electron chi connectivity index (χ2n) is 6.00. The first-order chi connectivity index (χ1) is 11.2. The quantitative estimate of drug-likeness (QED) is 0.310. The van der Waals surface area contributed by atoms with Gasteiger partial charge in [-0.05, 0) is 62.1 Å². The number of rotatable bonds is 7. The van der Waals surface area contributed by atoms with Gasteiger partial charge >= 0.3 is 0 Å². The SMILES string of the molecule is CCCCCC(C=Nc1cccc(C)c1)=Nc1cccc(C)c1.[Ni]. The second-order valence-corrected chi connectivity index (χ2v) is 6.00. The summed E-state index contributed by atoms with van der Waals surface area (Å²) in [6.45, 7) is 6.40. The van der Waals surface area contributed by atoms with Crippen LogP contribution in [0.3, 0.4) is 0 Å². The second kappa shape index (κ2) is 10.9. The fraction of sp³-hybridized carbons (Fsp3) is 0.333. The molecule has 0 heterocycles. The molecule has 3 heteroatoms. The summed E-state index contributed by atoms with van der Waals surface area (Å²) < 4.78 is 0. The molecule has 0 fully saturated rings. The van der Waals surface area contributed by atoms with Crippen molar-refractivity contribution in [1.82, 2.24) is 0 Å². The average Bonchev–Trinajstić information content (AvgIpc) is 2.53. The van der Waals surface area contributed by atoms with E-state index >= 15 is 0 Å². The van der Waals surface area contributed by atoms with E-state index in [1.54, 1.807) is 0 Å². The summed E-state index contributed by atoms with van der Waals surface area (Å²) >= 11 is 0. The Hall–Kier alpha value is -1.73. The molecular weight excluding hydrogens is 339 g/mol. The molecule has 0 saturated carbocycles. The summed E-state index contributed by atoms with van der Waals surface area (Å²) in [6, 6.07) is 16.5. The van der Waals surface area contributed by atoms with E-state index in [1.165, 1.54) is 24.0 Å². The zero-order valence-corrected chi connectivity index (χ0v) is 15.7. The third-order valence-electron chi connectivity index (χ3n) is 3.68. The molecular formula is C21H26N2Ni. The van der Waals surface area contributed by atoms with E-state index < -0.39 is 0 Å². The van der Waals surface area contributed by atoms with Gasteiger partial charge in [0.1, 0.15) is 0 Å². The molecule has 0 saturated heterocycles. The van der Waals surface area contributed by atoms with Crippen molar-refractivity contribution in [2.75, 3.05) is 0 Å². The van der Waals surface area contributed by atoms with Crippen LogP contribution in [0, 0.1) is 13.8 Å². The Labute approximate surface area is 156 Å². The normalized spacial score (nSPS) is 11.5. The molecule has 0 spiro atoms. The summed E-state index contributed by atoms with van der Waals surface area (Å²) in [4.78, 5) is 9.41. The van der Waals surface area contributed by atoms with E-state index in [9.17, 15) is 0 Å². The van der Waals surface area contributed by atoms with Crippen LogP contribution in [0.4, 0.5) is 11.4 Å². The maximum Gasteiger partial charge on any atom is 0.0636 e. The Morgan fingerprint density at radius 3 is 2.17 bits per heavy atom. The van der Waals surface area contributed by atoms with Gasteiger partial charge in [-0.15, -0.1) is 0 Å². The van der Waals surface area contributed by atoms with Gasteiger partial charge in [-0.25, -0.2) is 0 Å². The van der Waals surface area contributed by atoms with Crippen LogP contribution < -0.4 is 0 Å². The first-order valence-corrected chi connectivity index (χ1v) is 8.42. The van der Waals surface area contributed by atoms with Gasteiger partial charge in [-0.2, -0.15) is 0 Å². The van der Waals surface area contributed by atoms with Gasteiger partial charge < -0.3 is 0 Å². The summed E-state index contributed by atoms with van der Waals surface area (Å²) in [5.74, 6) is 0. The molecule has 130 valence electrons. The average molecular weight is 365 g/mol. The van der Waals surface area contributed by atoms with Crippen LogP contribution in [0.5, 0.6) is 0 Å². The summed E-state index contributed by atoms with van der Waals surface area (Å²) in [5, 5.41) is 0. The zero-order valence-electron chi connectivity index (χ0n) is 14.7. The molecule has 0 aliphatic carbocycles. The van der Waals surface area contributed by atoms with Crippen molar-refractivity contribution >= 4 is 23.3 Å². The summed E-state index contributed by atoms with van der Waals surface area (Å²) in [7, 11) is 0. The number of hydrogen-bond acceptors (Lipinski definition) is 2. The van der Waals surface area contributed by atoms with Gasteiger partial charge in [-0.3, -0.25) is 9.98 Å². The van der Waals surface area contributed by atoms with E-state index in [0.717, 1.165) is 29.9 Å². The van der Waals surface area contributed by atoms with Gasteiger partial charge in [0.25, 0.3) is 0 Å². The number of unbranched alkanes of at least 4 members (excludes halogenated alkanes) is 2.